The van der Waals surface area contributed by atoms with Gasteiger partial charge < -0.3 is 19.6 Å². The Kier molecular flexibility index (Phi) is 12.5. The van der Waals surface area contributed by atoms with Gasteiger partial charge in [-0.25, -0.2) is 0 Å². The van der Waals surface area contributed by atoms with Gasteiger partial charge in [-0.15, -0.1) is 0 Å². The predicted octanol–water partition coefficient (Wildman–Crippen LogP) is 10.3. The highest BCUT2D eigenvalue weighted by Gasteiger charge is 2.72. The van der Waals surface area contributed by atoms with Crippen molar-refractivity contribution in [3.05, 3.63) is 12.2 Å². The van der Waals surface area contributed by atoms with E-state index in [2.05, 4.69) is 53.4 Å². The number of fused-ring (bicyclic) bond motifs is 7. The molecule has 0 aromatic rings. The number of carbonyl (C=O) groups is 4. The van der Waals surface area contributed by atoms with Gasteiger partial charge in [0.2, 0.25) is 5.91 Å². The second kappa shape index (κ2) is 15.8. The first-order valence-corrected chi connectivity index (χ1v) is 21.5. The zero-order valence-corrected chi connectivity index (χ0v) is 35.1. The van der Waals surface area contributed by atoms with Gasteiger partial charge in [0.15, 0.2) is 0 Å². The fraction of sp³-hybridized carbons (Fsp3) is 0.870. The van der Waals surface area contributed by atoms with E-state index in [0.717, 1.165) is 83.6 Å². The highest BCUT2D eigenvalue weighted by molar-refractivity contribution is 5.84. The molecule has 0 heterocycles. The Balaban J connectivity index is 1.29. The molecule has 0 aliphatic heterocycles. The predicted molar refractivity (Wildman–Crippen MR) is 211 cm³/mol. The fourth-order valence-electron chi connectivity index (χ4n) is 14.0. The molecule has 1 N–H and O–H groups in total. The van der Waals surface area contributed by atoms with Gasteiger partial charge in [0.05, 0.1) is 11.8 Å². The Morgan fingerprint density at radius 2 is 1.47 bits per heavy atom. The number of hydrogen-bond acceptors (Lipinski definition) is 6. The van der Waals surface area contributed by atoms with Gasteiger partial charge in [0.1, 0.15) is 17.5 Å². The maximum atomic E-state index is 14.4. The van der Waals surface area contributed by atoms with Crippen LogP contribution in [0.25, 0.3) is 0 Å². The van der Waals surface area contributed by atoms with E-state index in [9.17, 15) is 19.2 Å². The maximum absolute atomic E-state index is 14.4. The molecule has 0 saturated heterocycles. The van der Waals surface area contributed by atoms with Gasteiger partial charge in [0, 0.05) is 18.4 Å². The number of rotatable bonds is 16. The molecular weight excluding hydrogens is 663 g/mol. The molecule has 5 rings (SSSR count). The standard InChI is InChI=1S/C46H75NO6/c1-31(2)33-20-25-46(40(51)47-28-16-14-12-11-13-15-17-32(3)49)27-26-44(9)34(39(33)46)18-19-36-43(8)23-22-37(53-38(50)29-41(4,5)52-30-48)42(6,7)35(43)21-24-45(36,44)10/h30,33-37,39H,1,11-29H2,2-10H3,(H,47,51)/t33-,34+,35-,36+,37-,39+,43-,44+,45+,46-/m0/s1. The third-order valence-corrected chi connectivity index (χ3v) is 16.9. The zero-order valence-electron chi connectivity index (χ0n) is 35.1. The normalized spacial score (nSPS) is 38.7. The van der Waals surface area contributed by atoms with Gasteiger partial charge in [-0.1, -0.05) is 72.5 Å². The molecule has 0 aromatic heterocycles. The Morgan fingerprint density at radius 1 is 0.792 bits per heavy atom. The Morgan fingerprint density at radius 3 is 2.13 bits per heavy atom. The minimum Gasteiger partial charge on any atom is -0.462 e. The van der Waals surface area contributed by atoms with E-state index in [0.29, 0.717) is 48.4 Å². The quantitative estimate of drug-likeness (QED) is 0.0733. The average Bonchev–Trinajstić information content (AvgIpc) is 3.46. The summed E-state index contributed by atoms with van der Waals surface area (Å²) in [4.78, 5) is 49.8. The van der Waals surface area contributed by atoms with Crippen LogP contribution in [0.5, 0.6) is 0 Å². The summed E-state index contributed by atoms with van der Waals surface area (Å²) in [6.45, 7) is 25.6. The van der Waals surface area contributed by atoms with Crippen LogP contribution >= 0.6 is 0 Å². The minimum atomic E-state index is -0.883. The number of amides is 1. The number of hydrogen-bond donors (Lipinski definition) is 1. The molecule has 0 bridgehead atoms. The SMILES string of the molecule is C=C(C)[C@@H]1CC[C@]2(C(=O)NCCCCCCCCC(C)=O)CC[C@]3(C)[C@H](CC[C@@H]4[C@@]5(C)CC[C@H](OC(=O)CC(C)(C)OC=O)C(C)(C)[C@@H]5CC[C@]43C)[C@@H]12. The van der Waals surface area contributed by atoms with E-state index in [-0.39, 0.29) is 51.4 Å². The average molecular weight is 738 g/mol. The van der Waals surface area contributed by atoms with Crippen molar-refractivity contribution >= 4 is 24.1 Å². The van der Waals surface area contributed by atoms with Crippen LogP contribution in [0.15, 0.2) is 12.2 Å². The van der Waals surface area contributed by atoms with Gasteiger partial charge in [-0.3, -0.25) is 14.4 Å². The zero-order chi connectivity index (χ0) is 39.0. The molecule has 0 aromatic carbocycles. The number of unbranched alkanes of at least 4 members (excludes halogenated alkanes) is 5. The topological polar surface area (TPSA) is 98.8 Å². The molecule has 7 heteroatoms. The summed E-state index contributed by atoms with van der Waals surface area (Å²) in [5.74, 6) is 2.59. The van der Waals surface area contributed by atoms with E-state index < -0.39 is 5.60 Å². The number of nitrogens with one attached hydrogen (secondary N) is 1. The molecule has 5 aliphatic rings. The molecule has 53 heavy (non-hydrogen) atoms. The minimum absolute atomic E-state index is 0.0522. The molecular formula is C46H75NO6. The van der Waals surface area contributed by atoms with Gasteiger partial charge in [-0.2, -0.15) is 0 Å². The van der Waals surface area contributed by atoms with Crippen molar-refractivity contribution in [3.8, 4) is 0 Å². The van der Waals surface area contributed by atoms with Gasteiger partial charge in [-0.05, 0) is 151 Å². The second-order valence-electron chi connectivity index (χ2n) is 20.7. The number of ketones is 1. The van der Waals surface area contributed by atoms with Crippen molar-refractivity contribution in [1.29, 1.82) is 0 Å². The van der Waals surface area contributed by atoms with Crippen LogP contribution in [0.2, 0.25) is 0 Å². The van der Waals surface area contributed by atoms with Crippen molar-refractivity contribution in [3.63, 3.8) is 0 Å². The molecule has 1 amide bonds. The van der Waals surface area contributed by atoms with Crippen LogP contribution in [0.4, 0.5) is 0 Å². The summed E-state index contributed by atoms with van der Waals surface area (Å²) < 4.78 is 11.4. The molecule has 7 nitrogen and oxygen atoms in total. The number of ether oxygens (including phenoxy) is 2. The van der Waals surface area contributed by atoms with Crippen LogP contribution in [-0.4, -0.2) is 42.4 Å². The monoisotopic (exact) mass is 738 g/mol. The largest absolute Gasteiger partial charge is 0.462 e. The third-order valence-electron chi connectivity index (χ3n) is 16.9. The summed E-state index contributed by atoms with van der Waals surface area (Å²) in [6, 6.07) is 0. The van der Waals surface area contributed by atoms with E-state index in [1.54, 1.807) is 20.8 Å². The molecule has 300 valence electrons. The third kappa shape index (κ3) is 7.68. The van der Waals surface area contributed by atoms with Crippen molar-refractivity contribution in [2.45, 2.75) is 190 Å². The summed E-state index contributed by atoms with van der Waals surface area (Å²) in [7, 11) is 0. The fourth-order valence-corrected chi connectivity index (χ4v) is 14.0. The Hall–Kier alpha value is -2.18. The van der Waals surface area contributed by atoms with Crippen LogP contribution in [0, 0.1) is 56.7 Å². The summed E-state index contributed by atoms with van der Waals surface area (Å²) in [5.41, 5.74) is 0.394. The Labute approximate surface area is 322 Å². The first-order chi connectivity index (χ1) is 24.8. The van der Waals surface area contributed by atoms with E-state index in [1.807, 2.05) is 0 Å². The lowest BCUT2D eigenvalue weighted by Gasteiger charge is -2.72. The number of esters is 1. The van der Waals surface area contributed by atoms with Crippen LogP contribution < -0.4 is 5.32 Å². The lowest BCUT2D eigenvalue weighted by molar-refractivity contribution is -0.249. The lowest BCUT2D eigenvalue weighted by Crippen LogP contribution is -2.67. The van der Waals surface area contributed by atoms with Crippen LogP contribution in [0.3, 0.4) is 0 Å². The van der Waals surface area contributed by atoms with Crippen molar-refractivity contribution in [1.82, 2.24) is 5.32 Å². The molecule has 5 saturated carbocycles. The van der Waals surface area contributed by atoms with Crippen molar-refractivity contribution in [2.75, 3.05) is 6.54 Å². The van der Waals surface area contributed by atoms with E-state index in [1.165, 1.54) is 31.3 Å². The van der Waals surface area contributed by atoms with Crippen LogP contribution in [-0.2, 0) is 28.7 Å². The molecule has 5 aliphatic carbocycles. The number of Topliss-reactive ketones (excluding diaryl/α,β-unsaturated/α-hetero) is 1. The van der Waals surface area contributed by atoms with Crippen molar-refractivity contribution in [2.24, 2.45) is 56.7 Å². The molecule has 10 atom stereocenters. The Bertz CT molecular complexity index is 1390. The molecule has 0 unspecified atom stereocenters. The first kappa shape index (κ1) is 42.0. The number of carbonyl (C=O) groups excluding carboxylic acids is 4. The molecule has 0 spiro atoms. The van der Waals surface area contributed by atoms with Crippen LogP contribution in [0.1, 0.15) is 178 Å². The smallest absolute Gasteiger partial charge is 0.310 e. The van der Waals surface area contributed by atoms with Gasteiger partial charge >= 0.3 is 5.97 Å². The molecule has 0 radical (unpaired) electrons. The van der Waals surface area contributed by atoms with E-state index in [4.69, 9.17) is 9.47 Å². The molecule has 5 fully saturated rings. The van der Waals surface area contributed by atoms with Crippen molar-refractivity contribution < 1.29 is 28.7 Å². The first-order valence-electron chi connectivity index (χ1n) is 21.5. The number of allylic oxidation sites excluding steroid dienone is 1. The lowest BCUT2D eigenvalue weighted by atomic mass is 9.32. The highest BCUT2D eigenvalue weighted by atomic mass is 16.6. The second-order valence-corrected chi connectivity index (χ2v) is 20.7. The summed E-state index contributed by atoms with van der Waals surface area (Å²) >= 11 is 0. The van der Waals surface area contributed by atoms with E-state index >= 15 is 0 Å². The van der Waals surface area contributed by atoms with Gasteiger partial charge in [0.25, 0.3) is 6.47 Å². The summed E-state index contributed by atoms with van der Waals surface area (Å²) in [6.07, 6.45) is 17.9. The highest BCUT2D eigenvalue weighted by Crippen LogP contribution is 2.77. The summed E-state index contributed by atoms with van der Waals surface area (Å²) in [5, 5.41) is 3.48. The maximum Gasteiger partial charge on any atom is 0.310 e.